The largest absolute Gasteiger partial charge is 0.493 e. The number of likely N-dealkylation sites (N-methyl/N-ethyl adjacent to an activating group) is 1. The van der Waals surface area contributed by atoms with Gasteiger partial charge in [0.2, 0.25) is 11.8 Å². The van der Waals surface area contributed by atoms with E-state index in [9.17, 15) is 14.4 Å². The molecule has 46 heavy (non-hydrogen) atoms. The molecule has 2 aromatic heterocycles. The summed E-state index contributed by atoms with van der Waals surface area (Å²) in [4.78, 5) is 42.6. The molecule has 5 heterocycles. The Bertz CT molecular complexity index is 1680. The number of aromatic nitrogens is 2. The fraction of sp³-hybridized carbons (Fsp3) is 0.353. The second kappa shape index (κ2) is 13.9. The lowest BCUT2D eigenvalue weighted by atomic mass is 10.0. The van der Waals surface area contributed by atoms with Crippen LogP contribution in [0, 0.1) is 0 Å². The number of amides is 3. The van der Waals surface area contributed by atoms with Gasteiger partial charge >= 0.3 is 0 Å². The van der Waals surface area contributed by atoms with E-state index in [0.29, 0.717) is 48.9 Å². The SMILES string of the molecule is COc1cc2ccc1Oc1cccc(c1)CO[C@H]1CN(C(=O)c3ccc(Cn4cccn4)o3)CC[C@@H]1NC(=O)CN(C)C(=O)CC2. The van der Waals surface area contributed by atoms with Crippen molar-refractivity contribution in [1.29, 1.82) is 0 Å². The van der Waals surface area contributed by atoms with Crippen molar-refractivity contribution in [1.82, 2.24) is 24.9 Å². The molecule has 4 bridgehead atoms. The van der Waals surface area contributed by atoms with Crippen LogP contribution in [0.1, 0.15) is 40.3 Å². The second-order valence-electron chi connectivity index (χ2n) is 11.5. The summed E-state index contributed by atoms with van der Waals surface area (Å²) in [6.07, 6.45) is 4.18. The van der Waals surface area contributed by atoms with Gasteiger partial charge in [-0.1, -0.05) is 18.2 Å². The van der Waals surface area contributed by atoms with Crippen molar-refractivity contribution in [3.8, 4) is 17.2 Å². The predicted molar refractivity (Wildman–Crippen MR) is 167 cm³/mol. The average molecular weight is 628 g/mol. The van der Waals surface area contributed by atoms with E-state index < -0.39 is 6.10 Å². The molecule has 2 atom stereocenters. The molecule has 0 saturated carbocycles. The molecule has 240 valence electrons. The first-order valence-electron chi connectivity index (χ1n) is 15.3. The highest BCUT2D eigenvalue weighted by atomic mass is 16.5. The fourth-order valence-electron chi connectivity index (χ4n) is 5.70. The second-order valence-corrected chi connectivity index (χ2v) is 11.5. The lowest BCUT2D eigenvalue weighted by Crippen LogP contribution is -2.57. The highest BCUT2D eigenvalue weighted by molar-refractivity contribution is 5.91. The first-order chi connectivity index (χ1) is 22.3. The molecule has 1 N–H and O–H groups in total. The molecule has 7 rings (SSSR count). The number of fused-ring (bicyclic) bond motifs is 9. The van der Waals surface area contributed by atoms with Gasteiger partial charge in [0.05, 0.1) is 39.0 Å². The minimum Gasteiger partial charge on any atom is -0.493 e. The summed E-state index contributed by atoms with van der Waals surface area (Å²) in [7, 11) is 3.19. The molecule has 3 aliphatic heterocycles. The molecular weight excluding hydrogens is 590 g/mol. The fourth-order valence-corrected chi connectivity index (χ4v) is 5.70. The van der Waals surface area contributed by atoms with E-state index in [1.807, 2.05) is 54.7 Å². The van der Waals surface area contributed by atoms with E-state index >= 15 is 0 Å². The zero-order valence-corrected chi connectivity index (χ0v) is 25.9. The summed E-state index contributed by atoms with van der Waals surface area (Å²) in [5, 5.41) is 7.25. The number of nitrogens with zero attached hydrogens (tertiary/aromatic N) is 4. The van der Waals surface area contributed by atoms with Crippen LogP contribution in [0.25, 0.3) is 0 Å². The minimum absolute atomic E-state index is 0.0890. The Morgan fingerprint density at radius 2 is 1.96 bits per heavy atom. The summed E-state index contributed by atoms with van der Waals surface area (Å²) >= 11 is 0. The molecule has 1 fully saturated rings. The van der Waals surface area contributed by atoms with Crippen LogP contribution in [0.3, 0.4) is 0 Å². The van der Waals surface area contributed by atoms with Gasteiger partial charge in [-0.3, -0.25) is 19.1 Å². The van der Waals surface area contributed by atoms with Gasteiger partial charge in [0.1, 0.15) is 11.5 Å². The third-order valence-electron chi connectivity index (χ3n) is 8.19. The number of nitrogens with one attached hydrogen (secondary N) is 1. The summed E-state index contributed by atoms with van der Waals surface area (Å²) in [6, 6.07) is 18.0. The number of furan rings is 1. The highest BCUT2D eigenvalue weighted by Gasteiger charge is 2.35. The molecule has 3 amide bonds. The molecule has 4 aromatic rings. The van der Waals surface area contributed by atoms with E-state index in [0.717, 1.165) is 11.1 Å². The zero-order chi connectivity index (χ0) is 32.0. The van der Waals surface area contributed by atoms with Gasteiger partial charge in [-0.05, 0) is 66.4 Å². The number of ether oxygens (including phenoxy) is 3. The van der Waals surface area contributed by atoms with Gasteiger partial charge in [0.15, 0.2) is 17.3 Å². The Labute approximate surface area is 266 Å². The van der Waals surface area contributed by atoms with E-state index in [-0.39, 0.29) is 55.6 Å². The first-order valence-corrected chi connectivity index (χ1v) is 15.3. The lowest BCUT2D eigenvalue weighted by Gasteiger charge is -2.38. The van der Waals surface area contributed by atoms with Crippen molar-refractivity contribution in [3.63, 3.8) is 0 Å². The number of hydrogen-bond donors (Lipinski definition) is 1. The molecule has 2 aromatic carbocycles. The number of methoxy groups -OCH3 is 1. The smallest absolute Gasteiger partial charge is 0.289 e. The van der Waals surface area contributed by atoms with Gasteiger partial charge in [-0.25, -0.2) is 0 Å². The van der Waals surface area contributed by atoms with Crippen molar-refractivity contribution in [3.05, 3.63) is 95.7 Å². The van der Waals surface area contributed by atoms with Gasteiger partial charge in [0.25, 0.3) is 5.91 Å². The lowest BCUT2D eigenvalue weighted by molar-refractivity contribution is -0.135. The zero-order valence-electron chi connectivity index (χ0n) is 25.9. The predicted octanol–water partition coefficient (Wildman–Crippen LogP) is 3.65. The third-order valence-corrected chi connectivity index (χ3v) is 8.19. The van der Waals surface area contributed by atoms with Gasteiger partial charge in [0, 0.05) is 39.0 Å². The Morgan fingerprint density at radius 3 is 2.78 bits per heavy atom. The van der Waals surface area contributed by atoms with E-state index in [1.165, 1.54) is 4.90 Å². The number of carbonyl (C=O) groups excluding carboxylic acids is 3. The maximum atomic E-state index is 13.5. The van der Waals surface area contributed by atoms with Crippen molar-refractivity contribution < 1.29 is 33.0 Å². The van der Waals surface area contributed by atoms with Gasteiger partial charge in [-0.15, -0.1) is 0 Å². The Kier molecular flexibility index (Phi) is 9.34. The molecule has 1 saturated heterocycles. The molecule has 0 radical (unpaired) electrons. The minimum atomic E-state index is -0.514. The summed E-state index contributed by atoms with van der Waals surface area (Å²) in [6.45, 7) is 1.19. The van der Waals surface area contributed by atoms with Gasteiger partial charge < -0.3 is 33.7 Å². The third kappa shape index (κ3) is 7.40. The highest BCUT2D eigenvalue weighted by Crippen LogP contribution is 2.33. The Balaban J connectivity index is 1.21. The average Bonchev–Trinajstić information content (AvgIpc) is 3.76. The Hall–Kier alpha value is -5.10. The van der Waals surface area contributed by atoms with E-state index in [1.54, 1.807) is 42.1 Å². The molecule has 12 nitrogen and oxygen atoms in total. The Morgan fingerprint density at radius 1 is 1.07 bits per heavy atom. The van der Waals surface area contributed by atoms with Crippen LogP contribution < -0.4 is 14.8 Å². The maximum absolute atomic E-state index is 13.5. The van der Waals surface area contributed by atoms with Gasteiger partial charge in [-0.2, -0.15) is 5.10 Å². The summed E-state index contributed by atoms with van der Waals surface area (Å²) < 4.78 is 25.7. The summed E-state index contributed by atoms with van der Waals surface area (Å²) in [5.74, 6) is 1.86. The van der Waals surface area contributed by atoms with Crippen molar-refractivity contribution in [2.45, 2.75) is 44.6 Å². The number of rotatable bonds is 4. The molecular formula is C34H37N5O7. The molecule has 12 heteroatoms. The van der Waals surface area contributed by atoms with Crippen LogP contribution in [0.2, 0.25) is 0 Å². The molecule has 0 spiro atoms. The van der Waals surface area contributed by atoms with E-state index in [2.05, 4.69) is 10.4 Å². The van der Waals surface area contributed by atoms with Crippen molar-refractivity contribution in [2.24, 2.45) is 0 Å². The number of piperidine rings is 1. The first kappa shape index (κ1) is 30.9. The molecule has 0 aliphatic carbocycles. The monoisotopic (exact) mass is 627 g/mol. The number of hydrogen-bond acceptors (Lipinski definition) is 8. The topological polar surface area (TPSA) is 128 Å². The maximum Gasteiger partial charge on any atom is 0.289 e. The van der Waals surface area contributed by atoms with Crippen LogP contribution in [-0.2, 0) is 33.9 Å². The quantitative estimate of drug-likeness (QED) is 0.363. The van der Waals surface area contributed by atoms with E-state index in [4.69, 9.17) is 18.6 Å². The van der Waals surface area contributed by atoms with Crippen molar-refractivity contribution >= 4 is 17.7 Å². The van der Waals surface area contributed by atoms with Crippen LogP contribution in [0.4, 0.5) is 0 Å². The number of benzene rings is 2. The molecule has 3 aliphatic rings. The summed E-state index contributed by atoms with van der Waals surface area (Å²) in [5.41, 5.74) is 1.78. The van der Waals surface area contributed by atoms with Crippen LogP contribution in [0.15, 0.2) is 77.5 Å². The van der Waals surface area contributed by atoms with Crippen LogP contribution >= 0.6 is 0 Å². The number of carbonyl (C=O) groups is 3. The number of aryl methyl sites for hydroxylation is 1. The normalized spacial score (nSPS) is 19.3. The standard InChI is InChI=1S/C34H37N5O7/c1-37-21-32(40)36-27-13-16-38(34(42)29-11-9-26(46-29)19-39-15-4-14-35-39)20-31(27)44-22-24-5-3-6-25(17-24)45-28-10-7-23(8-12-33(37)41)18-30(28)43-2/h3-7,9-11,14-15,17-18,27,31H,8,12-13,16,19-22H2,1-2H3,(H,36,40)/t27-,31-/m0/s1. The number of likely N-dealkylation sites (tertiary alicyclic amines) is 1. The van der Waals surface area contributed by atoms with Crippen LogP contribution in [-0.4, -0.2) is 83.2 Å². The van der Waals surface area contributed by atoms with Crippen LogP contribution in [0.5, 0.6) is 17.2 Å². The molecule has 0 unspecified atom stereocenters. The van der Waals surface area contributed by atoms with Crippen molar-refractivity contribution in [2.75, 3.05) is 33.8 Å².